The van der Waals surface area contributed by atoms with Gasteiger partial charge in [0.15, 0.2) is 5.78 Å². The number of hydrogen-bond donors (Lipinski definition) is 2. The number of aliphatic hydroxyl groups is 1. The fourth-order valence-corrected chi connectivity index (χ4v) is 4.39. The van der Waals surface area contributed by atoms with Gasteiger partial charge in [0, 0.05) is 36.7 Å². The highest BCUT2D eigenvalue weighted by molar-refractivity contribution is 5.90. The lowest BCUT2D eigenvalue weighted by atomic mass is 9.98. The van der Waals surface area contributed by atoms with Crippen LogP contribution in [0.2, 0.25) is 0 Å². The van der Waals surface area contributed by atoms with Crippen molar-refractivity contribution in [2.75, 3.05) is 6.54 Å². The number of rotatable bonds is 7. The molecule has 3 aromatic rings. The van der Waals surface area contributed by atoms with Crippen LogP contribution >= 0.6 is 0 Å². The van der Waals surface area contributed by atoms with Gasteiger partial charge in [-0.15, -0.1) is 0 Å². The molecule has 0 saturated carbocycles. The molecule has 0 radical (unpaired) electrons. The van der Waals surface area contributed by atoms with Crippen molar-refractivity contribution >= 4 is 11.7 Å². The third kappa shape index (κ3) is 4.65. The minimum absolute atomic E-state index is 0.0331. The van der Waals surface area contributed by atoms with E-state index in [2.05, 4.69) is 15.4 Å². The molecule has 8 heteroatoms. The summed E-state index contributed by atoms with van der Waals surface area (Å²) in [4.78, 5) is 27.1. The zero-order chi connectivity index (χ0) is 22.8. The number of aliphatic hydroxyl groups excluding tert-OH is 1. The van der Waals surface area contributed by atoms with E-state index in [4.69, 9.17) is 4.52 Å². The summed E-state index contributed by atoms with van der Waals surface area (Å²) in [5.74, 6) is 0.198. The SMILES string of the molecule is Cc1cc(CC(=O)N2C[C@H](O)C[C@H]2C(=O)CCc2ccc(-c3c(C)n[nH]c3C)cc2)on1. The van der Waals surface area contributed by atoms with E-state index in [0.717, 1.165) is 28.1 Å². The Labute approximate surface area is 186 Å². The first-order valence-electron chi connectivity index (χ1n) is 10.8. The van der Waals surface area contributed by atoms with E-state index in [1.54, 1.807) is 13.0 Å². The zero-order valence-electron chi connectivity index (χ0n) is 18.6. The van der Waals surface area contributed by atoms with Crippen LogP contribution in [0.4, 0.5) is 0 Å². The van der Waals surface area contributed by atoms with Gasteiger partial charge in [-0.3, -0.25) is 14.7 Å². The van der Waals surface area contributed by atoms with Crippen LogP contribution in [-0.4, -0.2) is 55.7 Å². The van der Waals surface area contributed by atoms with Gasteiger partial charge in [0.25, 0.3) is 0 Å². The number of carbonyl (C=O) groups excluding carboxylic acids is 2. The molecule has 168 valence electrons. The first-order chi connectivity index (χ1) is 15.3. The highest BCUT2D eigenvalue weighted by Gasteiger charge is 2.38. The summed E-state index contributed by atoms with van der Waals surface area (Å²) in [6.45, 7) is 5.92. The molecule has 1 aliphatic heterocycles. The molecule has 0 spiro atoms. The Hall–Kier alpha value is -3.26. The Kier molecular flexibility index (Phi) is 6.23. The largest absolute Gasteiger partial charge is 0.391 e. The van der Waals surface area contributed by atoms with Gasteiger partial charge in [0.2, 0.25) is 5.91 Å². The summed E-state index contributed by atoms with van der Waals surface area (Å²) >= 11 is 0. The van der Waals surface area contributed by atoms with Gasteiger partial charge in [0.1, 0.15) is 5.76 Å². The second-order valence-electron chi connectivity index (χ2n) is 8.54. The van der Waals surface area contributed by atoms with E-state index >= 15 is 0 Å². The number of nitrogens with zero attached hydrogens (tertiary/aromatic N) is 3. The highest BCUT2D eigenvalue weighted by Crippen LogP contribution is 2.26. The van der Waals surface area contributed by atoms with Gasteiger partial charge < -0.3 is 14.5 Å². The van der Waals surface area contributed by atoms with Crippen molar-refractivity contribution in [3.63, 3.8) is 0 Å². The van der Waals surface area contributed by atoms with Crippen LogP contribution in [0.3, 0.4) is 0 Å². The Morgan fingerprint density at radius 2 is 1.97 bits per heavy atom. The van der Waals surface area contributed by atoms with Crippen LogP contribution < -0.4 is 0 Å². The number of carbonyl (C=O) groups is 2. The predicted octanol–water partition coefficient (Wildman–Crippen LogP) is 2.70. The normalized spacial score (nSPS) is 18.3. The van der Waals surface area contributed by atoms with Gasteiger partial charge in [0.05, 0.1) is 30.0 Å². The average molecular weight is 437 g/mol. The number of aryl methyl sites for hydroxylation is 4. The summed E-state index contributed by atoms with van der Waals surface area (Å²) in [6, 6.07) is 9.23. The summed E-state index contributed by atoms with van der Waals surface area (Å²) in [5, 5.41) is 21.1. The molecule has 3 heterocycles. The van der Waals surface area contributed by atoms with Crippen LogP contribution in [0.15, 0.2) is 34.9 Å². The average Bonchev–Trinajstić information content (AvgIpc) is 3.45. The summed E-state index contributed by atoms with van der Waals surface area (Å²) in [7, 11) is 0. The summed E-state index contributed by atoms with van der Waals surface area (Å²) in [5.41, 5.74) is 5.91. The number of H-pyrrole nitrogens is 1. The number of amides is 1. The molecular weight excluding hydrogens is 408 g/mol. The van der Waals surface area contributed by atoms with Crippen molar-refractivity contribution in [1.82, 2.24) is 20.3 Å². The number of aromatic amines is 1. The fraction of sp³-hybridized carbons (Fsp3) is 0.417. The monoisotopic (exact) mass is 436 g/mol. The number of Topliss-reactive ketones (excluding diaryl/α,β-unsaturated/α-hetero) is 1. The lowest BCUT2D eigenvalue weighted by molar-refractivity contribution is -0.137. The standard InChI is InChI=1S/C24H28N4O4/c1-14-10-20(32-27-14)12-23(31)28-13-19(29)11-21(28)22(30)9-6-17-4-7-18(8-5-17)24-15(2)25-26-16(24)3/h4-5,7-8,10,19,21,29H,6,9,11-13H2,1-3H3,(H,25,26)/t19-,21+/m1/s1. The van der Waals surface area contributed by atoms with Gasteiger partial charge in [-0.25, -0.2) is 0 Å². The fourth-order valence-electron chi connectivity index (χ4n) is 4.39. The topological polar surface area (TPSA) is 112 Å². The van der Waals surface area contributed by atoms with Gasteiger partial charge in [-0.1, -0.05) is 29.4 Å². The van der Waals surface area contributed by atoms with Crippen LogP contribution in [0.5, 0.6) is 0 Å². The third-order valence-electron chi connectivity index (χ3n) is 6.00. The van der Waals surface area contributed by atoms with Crippen LogP contribution in [0.25, 0.3) is 11.1 Å². The van der Waals surface area contributed by atoms with Crippen LogP contribution in [0.1, 0.15) is 41.2 Å². The molecule has 32 heavy (non-hydrogen) atoms. The molecule has 2 N–H and O–H groups in total. The zero-order valence-corrected chi connectivity index (χ0v) is 18.6. The van der Waals surface area contributed by atoms with Crippen molar-refractivity contribution in [2.24, 2.45) is 0 Å². The molecule has 4 rings (SSSR count). The molecular formula is C24H28N4O4. The molecule has 1 amide bonds. The number of likely N-dealkylation sites (tertiary alicyclic amines) is 1. The second kappa shape index (κ2) is 9.08. The molecule has 1 aromatic carbocycles. The number of aromatic nitrogens is 3. The van der Waals surface area contributed by atoms with E-state index in [1.807, 2.05) is 38.1 Å². The smallest absolute Gasteiger partial charge is 0.231 e. The first kappa shape index (κ1) is 22.0. The first-order valence-corrected chi connectivity index (χ1v) is 10.8. The molecule has 1 saturated heterocycles. The summed E-state index contributed by atoms with van der Waals surface area (Å²) < 4.78 is 5.12. The van der Waals surface area contributed by atoms with E-state index in [9.17, 15) is 14.7 Å². The Morgan fingerprint density at radius 1 is 1.22 bits per heavy atom. The maximum Gasteiger partial charge on any atom is 0.231 e. The molecule has 2 aromatic heterocycles. The predicted molar refractivity (Wildman–Crippen MR) is 118 cm³/mol. The quantitative estimate of drug-likeness (QED) is 0.589. The van der Waals surface area contributed by atoms with Crippen molar-refractivity contribution in [3.8, 4) is 11.1 Å². The van der Waals surface area contributed by atoms with Crippen LogP contribution in [-0.2, 0) is 22.4 Å². The maximum absolute atomic E-state index is 12.9. The highest BCUT2D eigenvalue weighted by atomic mass is 16.5. The Balaban J connectivity index is 1.37. The number of hydrogen-bond acceptors (Lipinski definition) is 6. The molecule has 0 unspecified atom stereocenters. The minimum atomic E-state index is -0.690. The van der Waals surface area contributed by atoms with Crippen molar-refractivity contribution in [3.05, 3.63) is 58.7 Å². The van der Waals surface area contributed by atoms with Gasteiger partial charge in [-0.05, 0) is 38.3 Å². The van der Waals surface area contributed by atoms with Gasteiger partial charge >= 0.3 is 0 Å². The van der Waals surface area contributed by atoms with E-state index in [0.29, 0.717) is 24.3 Å². The number of β-amino-alcohol motifs (C(OH)–C–C–N with tert-alkyl or cyclic N) is 1. The molecule has 2 atom stereocenters. The lowest BCUT2D eigenvalue weighted by Crippen LogP contribution is -2.41. The second-order valence-corrected chi connectivity index (χ2v) is 8.54. The molecule has 1 aliphatic rings. The molecule has 8 nitrogen and oxygen atoms in total. The Bertz CT molecular complexity index is 1100. The minimum Gasteiger partial charge on any atom is -0.391 e. The lowest BCUT2D eigenvalue weighted by Gasteiger charge is -2.23. The summed E-state index contributed by atoms with van der Waals surface area (Å²) in [6.07, 6.45) is 0.512. The Morgan fingerprint density at radius 3 is 2.59 bits per heavy atom. The maximum atomic E-state index is 12.9. The number of nitrogens with one attached hydrogen (secondary N) is 1. The number of benzene rings is 1. The van der Waals surface area contributed by atoms with E-state index < -0.39 is 12.1 Å². The van der Waals surface area contributed by atoms with Gasteiger partial charge in [-0.2, -0.15) is 5.10 Å². The van der Waals surface area contributed by atoms with E-state index in [1.165, 1.54) is 4.90 Å². The molecule has 1 fully saturated rings. The van der Waals surface area contributed by atoms with Crippen molar-refractivity contribution in [1.29, 1.82) is 0 Å². The van der Waals surface area contributed by atoms with E-state index in [-0.39, 0.29) is 31.1 Å². The molecule has 0 aliphatic carbocycles. The third-order valence-corrected chi connectivity index (χ3v) is 6.00. The number of ketones is 1. The van der Waals surface area contributed by atoms with Crippen molar-refractivity contribution in [2.45, 2.75) is 58.6 Å². The van der Waals surface area contributed by atoms with Crippen molar-refractivity contribution < 1.29 is 19.2 Å². The molecule has 0 bridgehead atoms. The van der Waals surface area contributed by atoms with Crippen LogP contribution in [0, 0.1) is 20.8 Å².